The molecule has 0 amide bonds. The SMILES string of the molecule is Fc1cccc(C(=C2CCN(CCCN3CCCCC3)CC2)c2cccc(F)c2)c1. The van der Waals surface area contributed by atoms with E-state index >= 15 is 0 Å². The van der Waals surface area contributed by atoms with Gasteiger partial charge in [-0.2, -0.15) is 0 Å². The zero-order chi connectivity index (χ0) is 20.8. The first-order valence-electron chi connectivity index (χ1n) is 11.4. The minimum atomic E-state index is -0.253. The Kier molecular flexibility index (Phi) is 7.29. The third-order valence-corrected chi connectivity index (χ3v) is 6.44. The van der Waals surface area contributed by atoms with Crippen LogP contribution in [0.2, 0.25) is 0 Å². The maximum Gasteiger partial charge on any atom is 0.123 e. The number of hydrogen-bond acceptors (Lipinski definition) is 2. The van der Waals surface area contributed by atoms with Crippen molar-refractivity contribution in [1.82, 2.24) is 9.80 Å². The second kappa shape index (κ2) is 10.3. The summed E-state index contributed by atoms with van der Waals surface area (Å²) >= 11 is 0. The molecule has 2 aromatic carbocycles. The van der Waals surface area contributed by atoms with E-state index in [1.807, 2.05) is 12.1 Å². The molecular formula is C26H32F2N2. The van der Waals surface area contributed by atoms with Gasteiger partial charge in [-0.1, -0.05) is 36.3 Å². The number of halogens is 2. The molecule has 0 spiro atoms. The summed E-state index contributed by atoms with van der Waals surface area (Å²) in [5.74, 6) is -0.505. The van der Waals surface area contributed by atoms with E-state index in [0.29, 0.717) is 0 Å². The number of benzene rings is 2. The molecule has 0 aliphatic carbocycles. The lowest BCUT2D eigenvalue weighted by Gasteiger charge is -2.32. The Bertz CT molecular complexity index is 813. The lowest BCUT2D eigenvalue weighted by atomic mass is 9.88. The van der Waals surface area contributed by atoms with E-state index in [9.17, 15) is 8.78 Å². The second-order valence-electron chi connectivity index (χ2n) is 8.60. The highest BCUT2D eigenvalue weighted by atomic mass is 19.1. The van der Waals surface area contributed by atoms with Crippen LogP contribution in [0.15, 0.2) is 54.1 Å². The van der Waals surface area contributed by atoms with Crippen LogP contribution < -0.4 is 0 Å². The van der Waals surface area contributed by atoms with Crippen molar-refractivity contribution in [3.05, 3.63) is 76.9 Å². The molecule has 0 aromatic heterocycles. The summed E-state index contributed by atoms with van der Waals surface area (Å²) in [6, 6.07) is 13.4. The molecule has 2 aliphatic rings. The zero-order valence-electron chi connectivity index (χ0n) is 17.8. The molecule has 2 aliphatic heterocycles. The van der Waals surface area contributed by atoms with Gasteiger partial charge in [-0.05, 0) is 99.2 Å². The first kappa shape index (κ1) is 21.2. The normalized spacial score (nSPS) is 18.5. The van der Waals surface area contributed by atoms with E-state index in [1.165, 1.54) is 63.0 Å². The number of nitrogens with zero attached hydrogens (tertiary/aromatic N) is 2. The summed E-state index contributed by atoms with van der Waals surface area (Å²) in [4.78, 5) is 5.15. The average molecular weight is 411 g/mol. The topological polar surface area (TPSA) is 6.48 Å². The molecule has 0 bridgehead atoms. The highest BCUT2D eigenvalue weighted by Crippen LogP contribution is 2.33. The van der Waals surface area contributed by atoms with Gasteiger partial charge in [0.25, 0.3) is 0 Å². The van der Waals surface area contributed by atoms with Crippen molar-refractivity contribution in [3.63, 3.8) is 0 Å². The van der Waals surface area contributed by atoms with Crippen LogP contribution in [0.3, 0.4) is 0 Å². The molecule has 0 unspecified atom stereocenters. The quantitative estimate of drug-likeness (QED) is 0.599. The third kappa shape index (κ3) is 5.55. The van der Waals surface area contributed by atoms with Gasteiger partial charge in [-0.3, -0.25) is 0 Å². The minimum absolute atomic E-state index is 0.253. The van der Waals surface area contributed by atoms with Crippen LogP contribution in [0.1, 0.15) is 49.7 Å². The van der Waals surface area contributed by atoms with Crippen molar-refractivity contribution in [1.29, 1.82) is 0 Å². The Hall–Kier alpha value is -2.04. The first-order valence-corrected chi connectivity index (χ1v) is 11.4. The van der Waals surface area contributed by atoms with E-state index in [0.717, 1.165) is 49.2 Å². The van der Waals surface area contributed by atoms with Crippen LogP contribution in [0.4, 0.5) is 8.78 Å². The predicted molar refractivity (Wildman–Crippen MR) is 119 cm³/mol. The van der Waals surface area contributed by atoms with Crippen LogP contribution in [0.5, 0.6) is 0 Å². The highest BCUT2D eigenvalue weighted by Gasteiger charge is 2.20. The number of piperidine rings is 2. The van der Waals surface area contributed by atoms with Gasteiger partial charge in [0.15, 0.2) is 0 Å². The number of rotatable bonds is 6. The van der Waals surface area contributed by atoms with Gasteiger partial charge in [0, 0.05) is 13.1 Å². The van der Waals surface area contributed by atoms with Gasteiger partial charge in [-0.25, -0.2) is 8.78 Å². The fourth-order valence-corrected chi connectivity index (χ4v) is 4.86. The van der Waals surface area contributed by atoms with E-state index in [-0.39, 0.29) is 11.6 Å². The molecule has 0 atom stereocenters. The molecule has 0 saturated carbocycles. The van der Waals surface area contributed by atoms with Crippen LogP contribution in [0.25, 0.3) is 5.57 Å². The Labute approximate surface area is 179 Å². The fourth-order valence-electron chi connectivity index (χ4n) is 4.86. The summed E-state index contributed by atoms with van der Waals surface area (Å²) in [6.45, 7) is 6.90. The molecule has 2 fully saturated rings. The fraction of sp³-hybridized carbons (Fsp3) is 0.462. The van der Waals surface area contributed by atoms with Crippen molar-refractivity contribution >= 4 is 5.57 Å². The lowest BCUT2D eigenvalue weighted by molar-refractivity contribution is 0.197. The Morgan fingerprint density at radius 3 is 1.77 bits per heavy atom. The summed E-state index contributed by atoms with van der Waals surface area (Å²) in [5, 5.41) is 0. The van der Waals surface area contributed by atoms with Crippen LogP contribution in [-0.2, 0) is 0 Å². The molecule has 0 N–H and O–H groups in total. The van der Waals surface area contributed by atoms with Crippen molar-refractivity contribution in [2.75, 3.05) is 39.3 Å². The van der Waals surface area contributed by atoms with Crippen LogP contribution in [-0.4, -0.2) is 49.1 Å². The smallest absolute Gasteiger partial charge is 0.123 e. The molecule has 2 saturated heterocycles. The van der Waals surface area contributed by atoms with Gasteiger partial charge < -0.3 is 9.80 Å². The first-order chi connectivity index (χ1) is 14.7. The molecule has 2 heterocycles. The van der Waals surface area contributed by atoms with Crippen LogP contribution in [0, 0.1) is 11.6 Å². The van der Waals surface area contributed by atoms with Gasteiger partial charge >= 0.3 is 0 Å². The molecule has 160 valence electrons. The summed E-state index contributed by atoms with van der Waals surface area (Å²) in [7, 11) is 0. The Morgan fingerprint density at radius 1 is 0.700 bits per heavy atom. The molecule has 4 rings (SSSR count). The average Bonchev–Trinajstić information content (AvgIpc) is 2.76. The number of likely N-dealkylation sites (tertiary alicyclic amines) is 2. The van der Waals surface area contributed by atoms with Gasteiger partial charge in [0.1, 0.15) is 11.6 Å². The summed E-state index contributed by atoms with van der Waals surface area (Å²) in [6.07, 6.45) is 7.20. The second-order valence-corrected chi connectivity index (χ2v) is 8.60. The van der Waals surface area contributed by atoms with E-state index in [1.54, 1.807) is 24.3 Å². The van der Waals surface area contributed by atoms with E-state index in [2.05, 4.69) is 9.80 Å². The van der Waals surface area contributed by atoms with Crippen molar-refractivity contribution in [2.24, 2.45) is 0 Å². The highest BCUT2D eigenvalue weighted by molar-refractivity contribution is 5.82. The molecule has 4 heteroatoms. The monoisotopic (exact) mass is 410 g/mol. The summed E-state index contributed by atoms with van der Waals surface area (Å²) in [5.41, 5.74) is 3.99. The van der Waals surface area contributed by atoms with Crippen molar-refractivity contribution < 1.29 is 8.78 Å². The number of hydrogen-bond donors (Lipinski definition) is 0. The Morgan fingerprint density at radius 2 is 1.23 bits per heavy atom. The molecule has 2 aromatic rings. The minimum Gasteiger partial charge on any atom is -0.303 e. The maximum atomic E-state index is 13.9. The summed E-state index contributed by atoms with van der Waals surface area (Å²) < 4.78 is 27.9. The molecule has 30 heavy (non-hydrogen) atoms. The maximum absolute atomic E-state index is 13.9. The largest absolute Gasteiger partial charge is 0.303 e. The standard InChI is InChI=1S/C26H32F2N2/c27-24-9-4-7-22(19-24)26(23-8-5-10-25(28)20-23)21-11-17-30(18-12-21)16-6-15-29-13-2-1-3-14-29/h4-5,7-10,19-20H,1-3,6,11-18H2. The van der Waals surface area contributed by atoms with E-state index < -0.39 is 0 Å². The van der Waals surface area contributed by atoms with Gasteiger partial charge in [0.2, 0.25) is 0 Å². The Balaban J connectivity index is 1.44. The molecule has 2 nitrogen and oxygen atoms in total. The van der Waals surface area contributed by atoms with E-state index in [4.69, 9.17) is 0 Å². The van der Waals surface area contributed by atoms with Crippen molar-refractivity contribution in [2.45, 2.75) is 38.5 Å². The van der Waals surface area contributed by atoms with Crippen LogP contribution >= 0.6 is 0 Å². The zero-order valence-corrected chi connectivity index (χ0v) is 17.8. The lowest BCUT2D eigenvalue weighted by Crippen LogP contribution is -2.35. The third-order valence-electron chi connectivity index (χ3n) is 6.44. The molecule has 0 radical (unpaired) electrons. The van der Waals surface area contributed by atoms with Gasteiger partial charge in [-0.15, -0.1) is 0 Å². The molecular weight excluding hydrogens is 378 g/mol. The predicted octanol–water partition coefficient (Wildman–Crippen LogP) is 5.74. The van der Waals surface area contributed by atoms with Gasteiger partial charge in [0.05, 0.1) is 0 Å². The van der Waals surface area contributed by atoms with Crippen molar-refractivity contribution in [3.8, 4) is 0 Å².